The second-order valence-corrected chi connectivity index (χ2v) is 7.06. The van der Waals surface area contributed by atoms with Gasteiger partial charge >= 0.3 is 6.09 Å². The average molecular weight is 342 g/mol. The van der Waals surface area contributed by atoms with Crippen molar-refractivity contribution in [2.24, 2.45) is 17.6 Å². The molecule has 0 spiro atoms. The van der Waals surface area contributed by atoms with E-state index < -0.39 is 18.3 Å². The van der Waals surface area contributed by atoms with Crippen molar-refractivity contribution in [3.63, 3.8) is 0 Å². The van der Waals surface area contributed by atoms with E-state index in [4.69, 9.17) is 10.5 Å². The van der Waals surface area contributed by atoms with Gasteiger partial charge in [-0.25, -0.2) is 4.79 Å². The van der Waals surface area contributed by atoms with E-state index in [1.54, 1.807) is 6.92 Å². The summed E-state index contributed by atoms with van der Waals surface area (Å²) in [5.74, 6) is 0.0478. The predicted molar refractivity (Wildman–Crippen MR) is 93.4 cm³/mol. The Morgan fingerprint density at radius 3 is 2.54 bits per heavy atom. The number of hydrogen-bond donors (Lipinski definition) is 3. The van der Waals surface area contributed by atoms with Crippen LogP contribution in [0.3, 0.4) is 0 Å². The Hall–Kier alpha value is -1.30. The van der Waals surface area contributed by atoms with Crippen LogP contribution in [0.1, 0.15) is 71.6 Å². The lowest BCUT2D eigenvalue weighted by molar-refractivity contribution is -0.126. The van der Waals surface area contributed by atoms with Gasteiger partial charge in [-0.15, -0.1) is 0 Å². The third kappa shape index (κ3) is 7.99. The van der Waals surface area contributed by atoms with E-state index in [1.165, 1.54) is 19.3 Å². The molecule has 0 heterocycles. The summed E-state index contributed by atoms with van der Waals surface area (Å²) in [4.78, 5) is 23.2. The average Bonchev–Trinajstić information content (AvgIpc) is 2.54. The molecule has 6 nitrogen and oxygen atoms in total. The highest BCUT2D eigenvalue weighted by molar-refractivity contribution is 5.78. The summed E-state index contributed by atoms with van der Waals surface area (Å²) in [5, 5.41) is 13.3. The molecule has 0 aliphatic heterocycles. The second kappa shape index (κ2) is 11.3. The maximum Gasteiger partial charge on any atom is 0.404 e. The number of aliphatic hydroxyl groups is 1. The Morgan fingerprint density at radius 1 is 1.29 bits per heavy atom. The number of unbranched alkanes of at least 4 members (excludes halogenated alkanes) is 1. The molecule has 1 aliphatic rings. The first-order chi connectivity index (χ1) is 11.4. The van der Waals surface area contributed by atoms with Crippen LogP contribution in [-0.2, 0) is 9.53 Å². The molecule has 2 amide bonds. The lowest BCUT2D eigenvalue weighted by Gasteiger charge is -2.29. The summed E-state index contributed by atoms with van der Waals surface area (Å²) in [6.07, 6.45) is 6.28. The fourth-order valence-corrected chi connectivity index (χ4v) is 3.37. The van der Waals surface area contributed by atoms with Crippen LogP contribution in [0, 0.1) is 11.8 Å². The van der Waals surface area contributed by atoms with Crippen LogP contribution in [0.15, 0.2) is 0 Å². The highest BCUT2D eigenvalue weighted by Gasteiger charge is 2.29. The molecule has 0 radical (unpaired) electrons. The summed E-state index contributed by atoms with van der Waals surface area (Å²) in [7, 11) is 0. The predicted octanol–water partition coefficient (Wildman–Crippen LogP) is 2.72. The van der Waals surface area contributed by atoms with Crippen molar-refractivity contribution in [3.05, 3.63) is 0 Å². The van der Waals surface area contributed by atoms with Gasteiger partial charge in [0.05, 0.1) is 6.10 Å². The molecule has 1 aliphatic carbocycles. The number of carbonyl (C=O) groups is 2. The van der Waals surface area contributed by atoms with Crippen LogP contribution >= 0.6 is 0 Å². The third-order valence-corrected chi connectivity index (χ3v) is 4.86. The van der Waals surface area contributed by atoms with Crippen molar-refractivity contribution in [2.45, 2.75) is 83.8 Å². The SMILES string of the molecule is CCCCNC(=O)C(C)CC(O)C(CC1CCCCC1)OC(N)=O. The Balaban J connectivity index is 2.51. The molecule has 0 aromatic carbocycles. The zero-order chi connectivity index (χ0) is 17.9. The van der Waals surface area contributed by atoms with Gasteiger partial charge in [0, 0.05) is 12.5 Å². The molecule has 0 aromatic rings. The zero-order valence-corrected chi connectivity index (χ0v) is 15.1. The molecule has 3 atom stereocenters. The highest BCUT2D eigenvalue weighted by Crippen LogP contribution is 2.29. The molecule has 0 saturated heterocycles. The van der Waals surface area contributed by atoms with Gasteiger partial charge in [-0.1, -0.05) is 52.4 Å². The van der Waals surface area contributed by atoms with E-state index in [1.807, 2.05) is 0 Å². The molecule has 1 rings (SSSR count). The van der Waals surface area contributed by atoms with E-state index in [-0.39, 0.29) is 18.2 Å². The Morgan fingerprint density at radius 2 is 1.96 bits per heavy atom. The van der Waals surface area contributed by atoms with Gasteiger partial charge in [0.15, 0.2) is 0 Å². The molecule has 3 unspecified atom stereocenters. The Labute approximate surface area is 145 Å². The first-order valence-corrected chi connectivity index (χ1v) is 9.35. The standard InChI is InChI=1S/C18H34N2O4/c1-3-4-10-20-17(22)13(2)11-15(21)16(24-18(19)23)12-14-8-6-5-7-9-14/h13-16,21H,3-12H2,1-2H3,(H2,19,23)(H,20,22). The first-order valence-electron chi connectivity index (χ1n) is 9.35. The fourth-order valence-electron chi connectivity index (χ4n) is 3.37. The van der Waals surface area contributed by atoms with Gasteiger partial charge < -0.3 is 20.9 Å². The summed E-state index contributed by atoms with van der Waals surface area (Å²) < 4.78 is 5.15. The summed E-state index contributed by atoms with van der Waals surface area (Å²) in [6, 6.07) is 0. The van der Waals surface area contributed by atoms with Gasteiger partial charge in [-0.3, -0.25) is 4.79 Å². The molecule has 140 valence electrons. The number of aliphatic hydroxyl groups excluding tert-OH is 1. The number of amides is 2. The molecule has 0 aromatic heterocycles. The highest BCUT2D eigenvalue weighted by atomic mass is 16.6. The smallest absolute Gasteiger partial charge is 0.404 e. The lowest BCUT2D eigenvalue weighted by atomic mass is 9.83. The lowest BCUT2D eigenvalue weighted by Crippen LogP contribution is -2.39. The Kier molecular flexibility index (Phi) is 9.76. The van der Waals surface area contributed by atoms with E-state index in [0.29, 0.717) is 18.9 Å². The van der Waals surface area contributed by atoms with Crippen LogP contribution in [-0.4, -0.2) is 35.9 Å². The van der Waals surface area contributed by atoms with Crippen LogP contribution < -0.4 is 11.1 Å². The zero-order valence-electron chi connectivity index (χ0n) is 15.1. The van der Waals surface area contributed by atoms with Crippen molar-refractivity contribution in [3.8, 4) is 0 Å². The Bertz CT molecular complexity index is 383. The molecular formula is C18H34N2O4. The number of carbonyl (C=O) groups excluding carboxylic acids is 2. The summed E-state index contributed by atoms with van der Waals surface area (Å²) in [5.41, 5.74) is 5.16. The van der Waals surface area contributed by atoms with Gasteiger partial charge in [-0.2, -0.15) is 0 Å². The van der Waals surface area contributed by atoms with E-state index >= 15 is 0 Å². The van der Waals surface area contributed by atoms with Crippen molar-refractivity contribution in [1.29, 1.82) is 0 Å². The van der Waals surface area contributed by atoms with Crippen molar-refractivity contribution < 1.29 is 19.4 Å². The van der Waals surface area contributed by atoms with Crippen molar-refractivity contribution >= 4 is 12.0 Å². The number of rotatable bonds is 10. The first kappa shape index (κ1) is 20.7. The molecule has 4 N–H and O–H groups in total. The third-order valence-electron chi connectivity index (χ3n) is 4.86. The number of ether oxygens (including phenoxy) is 1. The molecule has 24 heavy (non-hydrogen) atoms. The minimum atomic E-state index is -0.869. The van der Waals surface area contributed by atoms with Crippen LogP contribution in [0.4, 0.5) is 4.79 Å². The minimum Gasteiger partial charge on any atom is -0.444 e. The number of nitrogens with one attached hydrogen (secondary N) is 1. The number of primary amides is 1. The normalized spacial score (nSPS) is 19.3. The number of nitrogens with two attached hydrogens (primary N) is 1. The summed E-state index contributed by atoms with van der Waals surface area (Å²) in [6.45, 7) is 4.50. The van der Waals surface area contributed by atoms with Gasteiger partial charge in [0.1, 0.15) is 6.10 Å². The maximum absolute atomic E-state index is 12.0. The van der Waals surface area contributed by atoms with E-state index in [0.717, 1.165) is 25.7 Å². The molecular weight excluding hydrogens is 308 g/mol. The largest absolute Gasteiger partial charge is 0.444 e. The van der Waals surface area contributed by atoms with Crippen molar-refractivity contribution in [1.82, 2.24) is 5.32 Å². The van der Waals surface area contributed by atoms with Gasteiger partial charge in [0.2, 0.25) is 5.91 Å². The van der Waals surface area contributed by atoms with E-state index in [2.05, 4.69) is 12.2 Å². The fraction of sp³-hybridized carbons (Fsp3) is 0.889. The molecule has 1 fully saturated rings. The van der Waals surface area contributed by atoms with Crippen LogP contribution in [0.25, 0.3) is 0 Å². The van der Waals surface area contributed by atoms with Crippen LogP contribution in [0.5, 0.6) is 0 Å². The van der Waals surface area contributed by atoms with Gasteiger partial charge in [0.25, 0.3) is 0 Å². The monoisotopic (exact) mass is 342 g/mol. The van der Waals surface area contributed by atoms with Crippen molar-refractivity contribution in [2.75, 3.05) is 6.54 Å². The molecule has 0 bridgehead atoms. The topological polar surface area (TPSA) is 102 Å². The van der Waals surface area contributed by atoms with Gasteiger partial charge in [-0.05, 0) is 25.2 Å². The second-order valence-electron chi connectivity index (χ2n) is 7.06. The number of hydrogen-bond acceptors (Lipinski definition) is 4. The quantitative estimate of drug-likeness (QED) is 0.531. The van der Waals surface area contributed by atoms with Crippen LogP contribution in [0.2, 0.25) is 0 Å². The molecule has 1 saturated carbocycles. The molecule has 6 heteroatoms. The minimum absolute atomic E-state index is 0.0713. The van der Waals surface area contributed by atoms with E-state index in [9.17, 15) is 14.7 Å². The summed E-state index contributed by atoms with van der Waals surface area (Å²) >= 11 is 0. The maximum atomic E-state index is 12.0.